The third kappa shape index (κ3) is 6.21. The Hall–Kier alpha value is -2.37. The van der Waals surface area contributed by atoms with Crippen LogP contribution in [0.3, 0.4) is 0 Å². The lowest BCUT2D eigenvalue weighted by atomic mass is 10.1. The molecule has 7 heteroatoms. The Kier molecular flexibility index (Phi) is 6.98. The first-order valence-corrected chi connectivity index (χ1v) is 8.20. The van der Waals surface area contributed by atoms with E-state index in [1.165, 1.54) is 6.07 Å². The van der Waals surface area contributed by atoms with Gasteiger partial charge in [0.15, 0.2) is 12.4 Å². The van der Waals surface area contributed by atoms with Gasteiger partial charge < -0.3 is 10.1 Å². The molecule has 0 unspecified atom stereocenters. The van der Waals surface area contributed by atoms with E-state index in [1.54, 1.807) is 42.5 Å². The van der Waals surface area contributed by atoms with E-state index in [-0.39, 0.29) is 18.6 Å². The molecule has 2 aromatic rings. The molecule has 0 aromatic heterocycles. The van der Waals surface area contributed by atoms with E-state index in [0.29, 0.717) is 21.3 Å². The van der Waals surface area contributed by atoms with Crippen LogP contribution in [0.4, 0.5) is 5.69 Å². The number of ether oxygens (including phenoxy) is 1. The van der Waals surface area contributed by atoms with Crippen LogP contribution >= 0.6 is 23.2 Å². The fraction of sp³-hybridized carbons (Fsp3) is 0.167. The summed E-state index contributed by atoms with van der Waals surface area (Å²) in [5.74, 6) is -1.34. The molecule has 1 amide bonds. The summed E-state index contributed by atoms with van der Waals surface area (Å²) in [6, 6.07) is 13.3. The van der Waals surface area contributed by atoms with Crippen molar-refractivity contribution in [3.8, 4) is 0 Å². The van der Waals surface area contributed by atoms with Crippen molar-refractivity contribution in [2.75, 3.05) is 11.9 Å². The second-order valence-electron chi connectivity index (χ2n) is 5.12. The van der Waals surface area contributed by atoms with Crippen LogP contribution in [0.15, 0.2) is 48.5 Å². The molecule has 1 N–H and O–H groups in total. The fourth-order valence-electron chi connectivity index (χ4n) is 1.98. The molecule has 25 heavy (non-hydrogen) atoms. The SMILES string of the molecule is O=C(COC(=O)CCC(=O)c1ccccc1)Nc1cc(Cl)ccc1Cl. The molecule has 130 valence electrons. The molecular weight excluding hydrogens is 365 g/mol. The van der Waals surface area contributed by atoms with E-state index >= 15 is 0 Å². The van der Waals surface area contributed by atoms with Crippen LogP contribution in [0.25, 0.3) is 0 Å². The highest BCUT2D eigenvalue weighted by Gasteiger charge is 2.12. The van der Waals surface area contributed by atoms with Gasteiger partial charge in [-0.2, -0.15) is 0 Å². The minimum absolute atomic E-state index is 0.0184. The van der Waals surface area contributed by atoms with Gasteiger partial charge in [0, 0.05) is 17.0 Å². The number of hydrogen-bond acceptors (Lipinski definition) is 4. The average molecular weight is 380 g/mol. The largest absolute Gasteiger partial charge is 0.456 e. The first kappa shape index (κ1) is 19.0. The minimum Gasteiger partial charge on any atom is -0.456 e. The first-order chi connectivity index (χ1) is 12.0. The van der Waals surface area contributed by atoms with Gasteiger partial charge in [0.2, 0.25) is 0 Å². The first-order valence-electron chi connectivity index (χ1n) is 7.44. The van der Waals surface area contributed by atoms with Crippen LogP contribution in [0.2, 0.25) is 10.0 Å². The number of Topliss-reactive ketones (excluding diaryl/α,β-unsaturated/α-hetero) is 1. The van der Waals surface area contributed by atoms with Gasteiger partial charge in [0.1, 0.15) is 0 Å². The average Bonchev–Trinajstić information content (AvgIpc) is 2.61. The van der Waals surface area contributed by atoms with Gasteiger partial charge in [-0.05, 0) is 18.2 Å². The van der Waals surface area contributed by atoms with E-state index < -0.39 is 18.5 Å². The summed E-state index contributed by atoms with van der Waals surface area (Å²) < 4.78 is 4.85. The Morgan fingerprint density at radius 1 is 0.960 bits per heavy atom. The Morgan fingerprint density at radius 3 is 2.40 bits per heavy atom. The summed E-state index contributed by atoms with van der Waals surface area (Å²) in [7, 11) is 0. The van der Waals surface area contributed by atoms with E-state index in [2.05, 4.69) is 5.32 Å². The number of anilines is 1. The molecule has 2 rings (SSSR count). The number of nitrogens with one attached hydrogen (secondary N) is 1. The summed E-state index contributed by atoms with van der Waals surface area (Å²) in [5, 5.41) is 3.23. The van der Waals surface area contributed by atoms with Crippen LogP contribution in [0.1, 0.15) is 23.2 Å². The molecule has 0 radical (unpaired) electrons. The minimum atomic E-state index is -0.628. The predicted molar refractivity (Wildman–Crippen MR) is 96.1 cm³/mol. The smallest absolute Gasteiger partial charge is 0.306 e. The van der Waals surface area contributed by atoms with Crippen molar-refractivity contribution in [1.82, 2.24) is 0 Å². The maximum Gasteiger partial charge on any atom is 0.306 e. The number of ketones is 1. The van der Waals surface area contributed by atoms with Crippen LogP contribution in [0.5, 0.6) is 0 Å². The molecule has 5 nitrogen and oxygen atoms in total. The normalized spacial score (nSPS) is 10.2. The molecule has 0 aliphatic rings. The topological polar surface area (TPSA) is 72.5 Å². The molecule has 0 saturated heterocycles. The fourth-order valence-corrected chi connectivity index (χ4v) is 2.32. The number of carbonyl (C=O) groups is 3. The highest BCUT2D eigenvalue weighted by Crippen LogP contribution is 2.25. The molecule has 0 heterocycles. The molecule has 0 aliphatic heterocycles. The third-order valence-corrected chi connectivity index (χ3v) is 3.78. The molecule has 0 spiro atoms. The molecule has 2 aromatic carbocycles. The molecular formula is C18H15Cl2NO4. The van der Waals surface area contributed by atoms with Crippen LogP contribution in [-0.2, 0) is 14.3 Å². The highest BCUT2D eigenvalue weighted by molar-refractivity contribution is 6.35. The number of carbonyl (C=O) groups excluding carboxylic acids is 3. The molecule has 0 bridgehead atoms. The number of rotatable bonds is 7. The molecule has 0 aliphatic carbocycles. The van der Waals surface area contributed by atoms with Crippen molar-refractivity contribution in [2.45, 2.75) is 12.8 Å². The van der Waals surface area contributed by atoms with Crippen molar-refractivity contribution < 1.29 is 19.1 Å². The molecule has 0 fully saturated rings. The Balaban J connectivity index is 1.75. The Morgan fingerprint density at radius 2 is 1.68 bits per heavy atom. The number of benzene rings is 2. The van der Waals surface area contributed by atoms with Crippen molar-refractivity contribution in [2.24, 2.45) is 0 Å². The summed E-state index contributed by atoms with van der Waals surface area (Å²) >= 11 is 11.7. The maximum absolute atomic E-state index is 11.9. The van der Waals surface area contributed by atoms with Crippen LogP contribution in [0, 0.1) is 0 Å². The van der Waals surface area contributed by atoms with Crippen molar-refractivity contribution >= 4 is 46.5 Å². The number of halogens is 2. The zero-order valence-corrected chi connectivity index (χ0v) is 14.6. The lowest BCUT2D eigenvalue weighted by Crippen LogP contribution is -2.21. The Labute approximate surface area is 154 Å². The van der Waals surface area contributed by atoms with E-state index in [1.807, 2.05) is 0 Å². The monoisotopic (exact) mass is 379 g/mol. The maximum atomic E-state index is 11.9. The highest BCUT2D eigenvalue weighted by atomic mass is 35.5. The van der Waals surface area contributed by atoms with Crippen molar-refractivity contribution in [1.29, 1.82) is 0 Å². The summed E-state index contributed by atoms with van der Waals surface area (Å²) in [6.45, 7) is -0.471. The van der Waals surface area contributed by atoms with Gasteiger partial charge in [-0.3, -0.25) is 14.4 Å². The van der Waals surface area contributed by atoms with Gasteiger partial charge in [0.25, 0.3) is 5.91 Å². The quantitative estimate of drug-likeness (QED) is 0.579. The van der Waals surface area contributed by atoms with E-state index in [4.69, 9.17) is 27.9 Å². The van der Waals surface area contributed by atoms with Crippen LogP contribution < -0.4 is 5.32 Å². The lowest BCUT2D eigenvalue weighted by Gasteiger charge is -2.08. The Bertz CT molecular complexity index is 778. The van der Waals surface area contributed by atoms with E-state index in [9.17, 15) is 14.4 Å². The molecule has 0 saturated carbocycles. The standard InChI is InChI=1S/C18H15Cl2NO4/c19-13-6-7-14(20)15(10-13)21-17(23)11-25-18(24)9-8-16(22)12-4-2-1-3-5-12/h1-7,10H,8-9,11H2,(H,21,23). The second kappa shape index (κ2) is 9.20. The number of amides is 1. The lowest BCUT2D eigenvalue weighted by molar-refractivity contribution is -0.147. The molecule has 0 atom stereocenters. The van der Waals surface area contributed by atoms with Crippen LogP contribution in [-0.4, -0.2) is 24.3 Å². The zero-order chi connectivity index (χ0) is 18.2. The summed E-state index contributed by atoms with van der Waals surface area (Å²) in [4.78, 5) is 35.3. The van der Waals surface area contributed by atoms with Gasteiger partial charge in [-0.25, -0.2) is 0 Å². The van der Waals surface area contributed by atoms with Crippen molar-refractivity contribution in [3.63, 3.8) is 0 Å². The van der Waals surface area contributed by atoms with Gasteiger partial charge in [0.05, 0.1) is 17.1 Å². The predicted octanol–water partition coefficient (Wildman–Crippen LogP) is 4.14. The zero-order valence-electron chi connectivity index (χ0n) is 13.1. The van der Waals surface area contributed by atoms with E-state index in [0.717, 1.165) is 0 Å². The third-order valence-electron chi connectivity index (χ3n) is 3.22. The van der Waals surface area contributed by atoms with Gasteiger partial charge >= 0.3 is 5.97 Å². The number of hydrogen-bond donors (Lipinski definition) is 1. The summed E-state index contributed by atoms with van der Waals surface area (Å²) in [6.07, 6.45) is -0.0798. The van der Waals surface area contributed by atoms with Gasteiger partial charge in [-0.15, -0.1) is 0 Å². The number of esters is 1. The summed E-state index contributed by atoms with van der Waals surface area (Å²) in [5.41, 5.74) is 0.859. The van der Waals surface area contributed by atoms with Crippen molar-refractivity contribution in [3.05, 3.63) is 64.1 Å². The second-order valence-corrected chi connectivity index (χ2v) is 5.97. The van der Waals surface area contributed by atoms with Gasteiger partial charge in [-0.1, -0.05) is 53.5 Å².